The highest BCUT2D eigenvalue weighted by Crippen LogP contribution is 2.21. The lowest BCUT2D eigenvalue weighted by atomic mass is 10.0. The number of carbonyl (C=O) groups is 1. The van der Waals surface area contributed by atoms with Gasteiger partial charge in [-0.3, -0.25) is 14.4 Å². The summed E-state index contributed by atoms with van der Waals surface area (Å²) >= 11 is 0. The van der Waals surface area contributed by atoms with E-state index in [1.165, 1.54) is 30.3 Å². The van der Waals surface area contributed by atoms with Crippen molar-refractivity contribution >= 4 is 27.3 Å². The van der Waals surface area contributed by atoms with E-state index in [0.29, 0.717) is 5.69 Å². The summed E-state index contributed by atoms with van der Waals surface area (Å²) in [6.45, 7) is 3.91. The van der Waals surface area contributed by atoms with Gasteiger partial charge in [0.15, 0.2) is 0 Å². The number of hydrogen-bond donors (Lipinski definition) is 2. The molecule has 0 aliphatic carbocycles. The van der Waals surface area contributed by atoms with Crippen LogP contribution < -0.4 is 10.0 Å². The van der Waals surface area contributed by atoms with E-state index in [9.17, 15) is 17.6 Å². The van der Waals surface area contributed by atoms with E-state index < -0.39 is 15.8 Å². The van der Waals surface area contributed by atoms with Crippen LogP contribution in [0.3, 0.4) is 0 Å². The lowest BCUT2D eigenvalue weighted by Gasteiger charge is -2.34. The smallest absolute Gasteiger partial charge is 0.261 e. The topological polar surface area (TPSA) is 78.5 Å². The Morgan fingerprint density at radius 2 is 1.90 bits per heavy atom. The van der Waals surface area contributed by atoms with Crippen molar-refractivity contribution in [3.63, 3.8) is 0 Å². The molecule has 1 unspecified atom stereocenters. The fourth-order valence-corrected chi connectivity index (χ4v) is 4.60. The molecule has 2 aromatic carbocycles. The van der Waals surface area contributed by atoms with Gasteiger partial charge in [-0.2, -0.15) is 0 Å². The molecule has 3 rings (SSSR count). The number of rotatable bonds is 7. The third kappa shape index (κ3) is 5.55. The van der Waals surface area contributed by atoms with Gasteiger partial charge in [0.1, 0.15) is 5.82 Å². The van der Waals surface area contributed by atoms with Gasteiger partial charge in [0, 0.05) is 5.69 Å². The molecular formula is C21H26FN3O3S. The second-order valence-electron chi connectivity index (χ2n) is 7.18. The summed E-state index contributed by atoms with van der Waals surface area (Å²) in [6.07, 6.45) is 3.96. The van der Waals surface area contributed by atoms with Crippen LogP contribution in [-0.4, -0.2) is 38.4 Å². The Bertz CT molecular complexity index is 946. The molecule has 8 heteroatoms. The number of hydrogen-bond acceptors (Lipinski definition) is 4. The number of amides is 1. The number of likely N-dealkylation sites (tertiary alicyclic amines) is 1. The molecule has 0 radical (unpaired) electrons. The number of nitrogens with one attached hydrogen (secondary N) is 2. The fraction of sp³-hybridized carbons (Fsp3) is 0.381. The molecule has 1 atom stereocenters. The lowest BCUT2D eigenvalue weighted by Crippen LogP contribution is -2.47. The van der Waals surface area contributed by atoms with Crippen molar-refractivity contribution < 1.29 is 17.6 Å². The first-order valence-corrected chi connectivity index (χ1v) is 11.3. The van der Waals surface area contributed by atoms with Gasteiger partial charge >= 0.3 is 0 Å². The fourth-order valence-electron chi connectivity index (χ4n) is 3.55. The normalized spacial score (nSPS) is 17.7. The molecule has 0 spiro atoms. The zero-order valence-electron chi connectivity index (χ0n) is 16.4. The number of carbonyl (C=O) groups excluding carboxylic acids is 1. The highest BCUT2D eigenvalue weighted by Gasteiger charge is 2.28. The second-order valence-corrected chi connectivity index (χ2v) is 8.86. The van der Waals surface area contributed by atoms with Gasteiger partial charge in [0.2, 0.25) is 5.91 Å². The van der Waals surface area contributed by atoms with Crippen LogP contribution in [0.25, 0.3) is 0 Å². The molecule has 1 aliphatic rings. The molecule has 0 aromatic heterocycles. The Hall–Kier alpha value is -2.45. The quantitative estimate of drug-likeness (QED) is 0.715. The van der Waals surface area contributed by atoms with Crippen LogP contribution in [0.5, 0.6) is 0 Å². The first-order valence-electron chi connectivity index (χ1n) is 9.82. The van der Waals surface area contributed by atoms with Crippen LogP contribution in [-0.2, 0) is 14.8 Å². The largest absolute Gasteiger partial charge is 0.325 e. The number of halogens is 1. The summed E-state index contributed by atoms with van der Waals surface area (Å²) in [5.41, 5.74) is 0.692. The summed E-state index contributed by atoms with van der Waals surface area (Å²) in [7, 11) is -3.85. The van der Waals surface area contributed by atoms with E-state index in [-0.39, 0.29) is 22.5 Å². The Kier molecular flexibility index (Phi) is 6.87. The maximum Gasteiger partial charge on any atom is 0.261 e. The van der Waals surface area contributed by atoms with E-state index in [4.69, 9.17) is 0 Å². The number of sulfonamides is 1. The second kappa shape index (κ2) is 9.37. The Labute approximate surface area is 171 Å². The van der Waals surface area contributed by atoms with Gasteiger partial charge in [-0.25, -0.2) is 12.8 Å². The van der Waals surface area contributed by atoms with Crippen molar-refractivity contribution in [2.75, 3.05) is 23.1 Å². The van der Waals surface area contributed by atoms with Crippen molar-refractivity contribution in [2.24, 2.45) is 0 Å². The van der Waals surface area contributed by atoms with Crippen molar-refractivity contribution in [1.82, 2.24) is 4.90 Å². The summed E-state index contributed by atoms with van der Waals surface area (Å²) in [5, 5.41) is 2.89. The highest BCUT2D eigenvalue weighted by atomic mass is 32.2. The first-order chi connectivity index (χ1) is 13.9. The third-order valence-corrected chi connectivity index (χ3v) is 6.33. The van der Waals surface area contributed by atoms with Gasteiger partial charge in [0.05, 0.1) is 16.6 Å². The molecule has 1 fully saturated rings. The maximum atomic E-state index is 13.3. The summed E-state index contributed by atoms with van der Waals surface area (Å²) < 4.78 is 40.6. The van der Waals surface area contributed by atoms with Gasteiger partial charge in [-0.15, -0.1) is 0 Å². The molecule has 6 nitrogen and oxygen atoms in total. The molecule has 29 heavy (non-hydrogen) atoms. The molecular weight excluding hydrogens is 393 g/mol. The SMILES string of the molecule is CCCN1CCCCC1C(=O)Nc1ccc(S(=O)(=O)Nc2cccc(F)c2)cc1. The van der Waals surface area contributed by atoms with E-state index in [0.717, 1.165) is 44.8 Å². The van der Waals surface area contributed by atoms with E-state index >= 15 is 0 Å². The summed E-state index contributed by atoms with van der Waals surface area (Å²) in [5.74, 6) is -0.588. The van der Waals surface area contributed by atoms with Crippen molar-refractivity contribution in [2.45, 2.75) is 43.5 Å². The van der Waals surface area contributed by atoms with Crippen LogP contribution >= 0.6 is 0 Å². The molecule has 1 heterocycles. The summed E-state index contributed by atoms with van der Waals surface area (Å²) in [4.78, 5) is 14.9. The predicted octanol–water partition coefficient (Wildman–Crippen LogP) is 3.83. The average molecular weight is 420 g/mol. The Morgan fingerprint density at radius 3 is 2.59 bits per heavy atom. The molecule has 156 valence electrons. The van der Waals surface area contributed by atoms with Crippen LogP contribution in [0.1, 0.15) is 32.6 Å². The monoisotopic (exact) mass is 419 g/mol. The minimum Gasteiger partial charge on any atom is -0.325 e. The molecule has 2 aromatic rings. The Balaban J connectivity index is 1.67. The zero-order chi connectivity index (χ0) is 20.9. The van der Waals surface area contributed by atoms with Crippen molar-refractivity contribution in [1.29, 1.82) is 0 Å². The van der Waals surface area contributed by atoms with E-state index in [2.05, 4.69) is 21.9 Å². The average Bonchev–Trinajstić information content (AvgIpc) is 2.69. The van der Waals surface area contributed by atoms with E-state index in [1.54, 1.807) is 12.1 Å². The van der Waals surface area contributed by atoms with Crippen LogP contribution in [0.4, 0.5) is 15.8 Å². The Morgan fingerprint density at radius 1 is 1.14 bits per heavy atom. The van der Waals surface area contributed by atoms with Crippen LogP contribution in [0, 0.1) is 5.82 Å². The van der Waals surface area contributed by atoms with Gasteiger partial charge < -0.3 is 5.32 Å². The van der Waals surface area contributed by atoms with Gasteiger partial charge in [0.25, 0.3) is 10.0 Å². The van der Waals surface area contributed by atoms with Crippen LogP contribution in [0.2, 0.25) is 0 Å². The summed E-state index contributed by atoms with van der Waals surface area (Å²) in [6, 6.07) is 11.1. The standard InChI is InChI=1S/C21H26FN3O3S/c1-2-13-25-14-4-3-8-20(25)21(26)23-17-9-11-19(12-10-17)29(27,28)24-18-7-5-6-16(22)15-18/h5-7,9-12,15,20,24H,2-4,8,13-14H2,1H3,(H,23,26). The number of piperidine rings is 1. The molecule has 1 saturated heterocycles. The van der Waals surface area contributed by atoms with Gasteiger partial charge in [-0.05, 0) is 74.8 Å². The maximum absolute atomic E-state index is 13.3. The lowest BCUT2D eigenvalue weighted by molar-refractivity contribution is -0.122. The van der Waals surface area contributed by atoms with Gasteiger partial charge in [-0.1, -0.05) is 19.4 Å². The molecule has 0 saturated carbocycles. The molecule has 1 aliphatic heterocycles. The molecule has 2 N–H and O–H groups in total. The van der Waals surface area contributed by atoms with E-state index in [1.807, 2.05) is 0 Å². The minimum atomic E-state index is -3.85. The first kappa shape index (κ1) is 21.3. The molecule has 0 bridgehead atoms. The minimum absolute atomic E-state index is 0.0324. The predicted molar refractivity (Wildman–Crippen MR) is 112 cm³/mol. The third-order valence-electron chi connectivity index (χ3n) is 4.94. The van der Waals surface area contributed by atoms with Crippen molar-refractivity contribution in [3.05, 3.63) is 54.3 Å². The highest BCUT2D eigenvalue weighted by molar-refractivity contribution is 7.92. The number of benzene rings is 2. The number of nitrogens with zero attached hydrogens (tertiary/aromatic N) is 1. The number of anilines is 2. The zero-order valence-corrected chi connectivity index (χ0v) is 17.2. The van der Waals surface area contributed by atoms with Crippen molar-refractivity contribution in [3.8, 4) is 0 Å². The molecule has 1 amide bonds. The van der Waals surface area contributed by atoms with Crippen LogP contribution in [0.15, 0.2) is 53.4 Å².